The third-order valence-corrected chi connectivity index (χ3v) is 2.22. The molecule has 1 rings (SSSR count). The molecule has 4 heteroatoms. The lowest BCUT2D eigenvalue weighted by atomic mass is 10.2. The van der Waals surface area contributed by atoms with Crippen molar-refractivity contribution in [1.82, 2.24) is 0 Å². The van der Waals surface area contributed by atoms with Crippen LogP contribution in [0.25, 0.3) is 0 Å². The van der Waals surface area contributed by atoms with E-state index in [0.717, 1.165) is 0 Å². The van der Waals surface area contributed by atoms with Crippen molar-refractivity contribution in [3.05, 3.63) is 27.7 Å². The van der Waals surface area contributed by atoms with E-state index in [1.807, 2.05) is 0 Å². The maximum absolute atomic E-state index is 9.18. The highest BCUT2D eigenvalue weighted by atomic mass is 79.9. The Labute approximate surface area is 94.8 Å². The highest BCUT2D eigenvalue weighted by Gasteiger charge is 2.03. The Morgan fingerprint density at radius 3 is 2.62 bits per heavy atom. The van der Waals surface area contributed by atoms with Crippen LogP contribution in [0.1, 0.15) is 5.56 Å². The van der Waals surface area contributed by atoms with E-state index in [1.54, 1.807) is 0 Å². The fourth-order valence-corrected chi connectivity index (χ4v) is 1.27. The molecule has 0 spiro atoms. The van der Waals surface area contributed by atoms with Gasteiger partial charge < -0.3 is 5.11 Å². The Morgan fingerprint density at radius 2 is 2.00 bits per heavy atom. The summed E-state index contributed by atoms with van der Waals surface area (Å²) in [7, 11) is 0. The van der Waals surface area contributed by atoms with Crippen molar-refractivity contribution in [1.29, 1.82) is 0 Å². The van der Waals surface area contributed by atoms with Crippen LogP contribution >= 0.6 is 39.1 Å². The van der Waals surface area contributed by atoms with Gasteiger partial charge >= 0.3 is 0 Å². The number of hydrogen-bond acceptors (Lipinski definition) is 1. The second kappa shape index (κ2) is 4.76. The maximum Gasteiger partial charge on any atom is 0.135 e. The van der Waals surface area contributed by atoms with Crippen LogP contribution in [0.2, 0.25) is 10.0 Å². The van der Waals surface area contributed by atoms with Gasteiger partial charge in [-0.2, -0.15) is 0 Å². The molecule has 68 valence electrons. The molecule has 0 amide bonds. The van der Waals surface area contributed by atoms with E-state index in [1.165, 1.54) is 12.1 Å². The van der Waals surface area contributed by atoms with Gasteiger partial charge in [-0.25, -0.2) is 0 Å². The highest BCUT2D eigenvalue weighted by molar-refractivity contribution is 9.09. The first-order valence-electron chi connectivity index (χ1n) is 3.38. The standard InChI is InChI=1S/C9H5BrCl2O/c10-3-1-2-6-4-8(12)9(13)5-7(6)11/h4-5,13H,3H2. The molecule has 1 aromatic rings. The average Bonchev–Trinajstić information content (AvgIpc) is 2.09. The van der Waals surface area contributed by atoms with E-state index >= 15 is 0 Å². The SMILES string of the molecule is Oc1cc(Cl)c(C#CCBr)cc1Cl. The van der Waals surface area contributed by atoms with Gasteiger partial charge in [-0.3, -0.25) is 0 Å². The van der Waals surface area contributed by atoms with Gasteiger partial charge in [0.1, 0.15) is 5.75 Å². The number of aromatic hydroxyl groups is 1. The molecule has 0 atom stereocenters. The van der Waals surface area contributed by atoms with Gasteiger partial charge in [-0.05, 0) is 6.07 Å². The number of phenolic OH excluding ortho intramolecular Hbond substituents is 1. The first-order valence-corrected chi connectivity index (χ1v) is 5.25. The Bertz CT molecular complexity index is 379. The summed E-state index contributed by atoms with van der Waals surface area (Å²) >= 11 is 14.6. The van der Waals surface area contributed by atoms with Gasteiger partial charge in [-0.1, -0.05) is 51.0 Å². The van der Waals surface area contributed by atoms with Crippen LogP contribution in [0, 0.1) is 11.8 Å². The van der Waals surface area contributed by atoms with Gasteiger partial charge in [0, 0.05) is 11.6 Å². The largest absolute Gasteiger partial charge is 0.506 e. The molecule has 1 nitrogen and oxygen atoms in total. The van der Waals surface area contributed by atoms with Crippen molar-refractivity contribution in [2.24, 2.45) is 0 Å². The lowest BCUT2D eigenvalue weighted by molar-refractivity contribution is 0.475. The molecule has 13 heavy (non-hydrogen) atoms. The normalized spacial score (nSPS) is 9.15. The number of rotatable bonds is 0. The molecule has 0 aliphatic heterocycles. The summed E-state index contributed by atoms with van der Waals surface area (Å²) in [6.45, 7) is 0. The third kappa shape index (κ3) is 2.80. The number of alkyl halides is 1. The summed E-state index contributed by atoms with van der Waals surface area (Å²) in [6.07, 6.45) is 0. The zero-order valence-corrected chi connectivity index (χ0v) is 9.54. The first-order chi connectivity index (χ1) is 6.15. The molecule has 0 aliphatic carbocycles. The van der Waals surface area contributed by atoms with E-state index < -0.39 is 0 Å². The zero-order chi connectivity index (χ0) is 9.84. The van der Waals surface area contributed by atoms with Crippen LogP contribution in [0.5, 0.6) is 5.75 Å². The fourth-order valence-electron chi connectivity index (χ4n) is 0.761. The molecule has 0 unspecified atom stereocenters. The minimum Gasteiger partial charge on any atom is -0.506 e. The van der Waals surface area contributed by atoms with Gasteiger partial charge in [0.2, 0.25) is 0 Å². The van der Waals surface area contributed by atoms with E-state index in [4.69, 9.17) is 23.2 Å². The predicted octanol–water partition coefficient (Wildman–Crippen LogP) is 3.45. The van der Waals surface area contributed by atoms with Gasteiger partial charge in [-0.15, -0.1) is 0 Å². The van der Waals surface area contributed by atoms with Crippen molar-refractivity contribution >= 4 is 39.1 Å². The molecule has 0 fully saturated rings. The third-order valence-electron chi connectivity index (χ3n) is 1.33. The van der Waals surface area contributed by atoms with Crippen LogP contribution < -0.4 is 0 Å². The van der Waals surface area contributed by atoms with E-state index in [9.17, 15) is 5.11 Å². The quantitative estimate of drug-likeness (QED) is 0.570. The van der Waals surface area contributed by atoms with Crippen LogP contribution in [-0.2, 0) is 0 Å². The lowest BCUT2D eigenvalue weighted by Gasteiger charge is -1.99. The van der Waals surface area contributed by atoms with Crippen molar-refractivity contribution in [2.45, 2.75) is 0 Å². The summed E-state index contributed by atoms with van der Waals surface area (Å²) in [5.74, 6) is 5.57. The van der Waals surface area contributed by atoms with E-state index in [-0.39, 0.29) is 10.8 Å². The summed E-state index contributed by atoms with van der Waals surface area (Å²) in [5.41, 5.74) is 0.615. The molecular weight excluding hydrogens is 275 g/mol. The Balaban J connectivity index is 3.16. The first kappa shape index (κ1) is 10.7. The van der Waals surface area contributed by atoms with Gasteiger partial charge in [0.25, 0.3) is 0 Å². The van der Waals surface area contributed by atoms with Crippen LogP contribution in [0.15, 0.2) is 12.1 Å². The molecule has 0 aromatic heterocycles. The molecule has 0 heterocycles. The second-order valence-electron chi connectivity index (χ2n) is 2.22. The molecule has 0 bridgehead atoms. The maximum atomic E-state index is 9.18. The van der Waals surface area contributed by atoms with Gasteiger partial charge in [0.05, 0.1) is 15.4 Å². The monoisotopic (exact) mass is 278 g/mol. The van der Waals surface area contributed by atoms with Crippen molar-refractivity contribution in [2.75, 3.05) is 5.33 Å². The average molecular weight is 280 g/mol. The second-order valence-corrected chi connectivity index (χ2v) is 3.59. The molecule has 1 aromatic carbocycles. The highest BCUT2D eigenvalue weighted by Crippen LogP contribution is 2.29. The van der Waals surface area contributed by atoms with Crippen molar-refractivity contribution in [3.8, 4) is 17.6 Å². The zero-order valence-electron chi connectivity index (χ0n) is 6.44. The predicted molar refractivity (Wildman–Crippen MR) is 58.8 cm³/mol. The van der Waals surface area contributed by atoms with Crippen molar-refractivity contribution < 1.29 is 5.11 Å². The number of hydrogen-bond donors (Lipinski definition) is 1. The van der Waals surface area contributed by atoms with E-state index in [2.05, 4.69) is 27.8 Å². The van der Waals surface area contributed by atoms with Crippen LogP contribution in [0.4, 0.5) is 0 Å². The summed E-state index contributed by atoms with van der Waals surface area (Å²) in [5, 5.41) is 10.4. The number of phenols is 1. The minimum atomic E-state index is -0.0314. The van der Waals surface area contributed by atoms with Crippen molar-refractivity contribution in [3.63, 3.8) is 0 Å². The summed E-state index contributed by atoms with van der Waals surface area (Å²) in [6, 6.07) is 2.91. The molecular formula is C9H5BrCl2O. The smallest absolute Gasteiger partial charge is 0.135 e. The molecule has 0 radical (unpaired) electrons. The Hall–Kier alpha value is -0.360. The molecule has 0 aliphatic rings. The number of benzene rings is 1. The summed E-state index contributed by atoms with van der Waals surface area (Å²) in [4.78, 5) is 0. The lowest BCUT2D eigenvalue weighted by Crippen LogP contribution is -1.78. The number of halogens is 3. The topological polar surface area (TPSA) is 20.2 Å². The Kier molecular flexibility index (Phi) is 3.92. The van der Waals surface area contributed by atoms with Crippen LogP contribution in [0.3, 0.4) is 0 Å². The minimum absolute atomic E-state index is 0.0314. The molecule has 0 saturated carbocycles. The van der Waals surface area contributed by atoms with Crippen LogP contribution in [-0.4, -0.2) is 10.4 Å². The Morgan fingerprint density at radius 1 is 1.31 bits per heavy atom. The molecule has 0 saturated heterocycles. The van der Waals surface area contributed by atoms with E-state index in [0.29, 0.717) is 15.9 Å². The molecule has 1 N–H and O–H groups in total. The van der Waals surface area contributed by atoms with Gasteiger partial charge in [0.15, 0.2) is 0 Å². The fraction of sp³-hybridized carbons (Fsp3) is 0.111. The summed E-state index contributed by atoms with van der Waals surface area (Å²) < 4.78 is 0.